The van der Waals surface area contributed by atoms with Gasteiger partial charge in [-0.2, -0.15) is 4.31 Å². The van der Waals surface area contributed by atoms with Gasteiger partial charge in [-0.05, 0) is 36.8 Å². The van der Waals surface area contributed by atoms with Crippen molar-refractivity contribution in [1.29, 1.82) is 0 Å². The summed E-state index contributed by atoms with van der Waals surface area (Å²) >= 11 is 0. The van der Waals surface area contributed by atoms with Crippen molar-refractivity contribution in [3.8, 4) is 0 Å². The number of hydrogen-bond donors (Lipinski definition) is 1. The van der Waals surface area contributed by atoms with Crippen molar-refractivity contribution in [3.05, 3.63) is 53.8 Å². The minimum Gasteiger partial charge on any atom is -0.373 e. The lowest BCUT2D eigenvalue weighted by atomic mass is 10.1. The fourth-order valence-corrected chi connectivity index (χ4v) is 4.96. The summed E-state index contributed by atoms with van der Waals surface area (Å²) < 4.78 is 41.9. The van der Waals surface area contributed by atoms with E-state index in [0.29, 0.717) is 6.54 Å². The van der Waals surface area contributed by atoms with Crippen LogP contribution in [0, 0.1) is 5.82 Å². The highest BCUT2D eigenvalue weighted by Gasteiger charge is 2.33. The van der Waals surface area contributed by atoms with Gasteiger partial charge in [0.05, 0.1) is 10.6 Å². The Bertz CT molecular complexity index is 978. The first-order valence-corrected chi connectivity index (χ1v) is 10.0. The molecule has 0 radical (unpaired) electrons. The molecule has 0 aliphatic carbocycles. The van der Waals surface area contributed by atoms with E-state index in [0.717, 1.165) is 17.3 Å². The van der Waals surface area contributed by atoms with Crippen LogP contribution in [0.1, 0.15) is 19.4 Å². The number of para-hydroxylation sites is 1. The first kappa shape index (κ1) is 19.3. The number of likely N-dealkylation sites (N-methyl/N-ethyl adjacent to an activating group) is 1. The number of carbonyl (C=O) groups excluding carboxylic acids is 1. The Morgan fingerprint density at radius 1 is 1.22 bits per heavy atom. The summed E-state index contributed by atoms with van der Waals surface area (Å²) in [5, 5.41) is 2.33. The number of nitrogens with one attached hydrogen (secondary N) is 1. The lowest BCUT2D eigenvalue weighted by Gasteiger charge is -2.28. The second-order valence-electron chi connectivity index (χ2n) is 6.73. The zero-order chi connectivity index (χ0) is 19.8. The van der Waals surface area contributed by atoms with E-state index in [1.165, 1.54) is 23.4 Å². The summed E-state index contributed by atoms with van der Waals surface area (Å²) in [6.07, 6.45) is 0. The highest BCUT2D eigenvalue weighted by molar-refractivity contribution is 7.89. The molecule has 1 aliphatic heterocycles. The molecule has 0 unspecified atom stereocenters. The summed E-state index contributed by atoms with van der Waals surface area (Å²) in [6, 6.07) is 10.8. The van der Waals surface area contributed by atoms with Crippen LogP contribution in [-0.2, 0) is 21.4 Å². The summed E-state index contributed by atoms with van der Waals surface area (Å²) in [5.74, 6) is -1.15. The van der Waals surface area contributed by atoms with E-state index in [-0.39, 0.29) is 23.2 Å². The lowest BCUT2D eigenvalue weighted by Crippen LogP contribution is -2.41. The summed E-state index contributed by atoms with van der Waals surface area (Å²) in [4.78, 5) is 13.2. The first-order chi connectivity index (χ1) is 12.7. The van der Waals surface area contributed by atoms with Crippen LogP contribution in [0.15, 0.2) is 47.4 Å². The average molecular weight is 391 g/mol. The molecule has 6 nitrogen and oxygen atoms in total. The van der Waals surface area contributed by atoms with Crippen molar-refractivity contribution in [2.24, 2.45) is 0 Å². The molecule has 144 valence electrons. The molecule has 1 atom stereocenters. The van der Waals surface area contributed by atoms with Crippen molar-refractivity contribution < 1.29 is 17.6 Å². The summed E-state index contributed by atoms with van der Waals surface area (Å²) in [5.41, 5.74) is 1.74. The number of sulfonamides is 1. The summed E-state index contributed by atoms with van der Waals surface area (Å²) in [7, 11) is -1.96. The molecule has 0 saturated carbocycles. The van der Waals surface area contributed by atoms with Gasteiger partial charge in [0.15, 0.2) is 0 Å². The van der Waals surface area contributed by atoms with Crippen LogP contribution >= 0.6 is 0 Å². The van der Waals surface area contributed by atoms with Gasteiger partial charge in [-0.1, -0.05) is 18.2 Å². The van der Waals surface area contributed by atoms with E-state index in [2.05, 4.69) is 5.32 Å². The standard InChI is InChI=1S/C19H22FN3O3S/c1-13-11-22(3)19-7-5-4-6-15(19)12-23(13)27(25,26)16-8-9-17(20)18(10-16)21-14(2)24/h4-10,13H,11-12H2,1-3H3,(H,21,24)/t13-/m0/s1. The largest absolute Gasteiger partial charge is 0.373 e. The average Bonchev–Trinajstić information content (AvgIpc) is 2.73. The van der Waals surface area contributed by atoms with E-state index in [4.69, 9.17) is 0 Å². The molecule has 0 bridgehead atoms. The van der Waals surface area contributed by atoms with Gasteiger partial charge in [0.25, 0.3) is 0 Å². The molecular formula is C19H22FN3O3S. The number of rotatable bonds is 3. The second kappa shape index (κ2) is 7.28. The van der Waals surface area contributed by atoms with Crippen LogP contribution in [0.4, 0.5) is 15.8 Å². The number of amides is 1. The molecule has 1 amide bonds. The van der Waals surface area contributed by atoms with E-state index in [1.54, 1.807) is 0 Å². The molecule has 2 aromatic carbocycles. The number of nitrogens with zero attached hydrogens (tertiary/aromatic N) is 2. The Morgan fingerprint density at radius 2 is 1.93 bits per heavy atom. The normalized spacial score (nSPS) is 17.9. The first-order valence-electron chi connectivity index (χ1n) is 8.58. The monoisotopic (exact) mass is 391 g/mol. The molecule has 1 N–H and O–H groups in total. The maximum atomic E-state index is 13.9. The molecule has 1 heterocycles. The molecule has 2 aromatic rings. The molecule has 8 heteroatoms. The van der Waals surface area contributed by atoms with Gasteiger partial charge >= 0.3 is 0 Å². The smallest absolute Gasteiger partial charge is 0.243 e. The quantitative estimate of drug-likeness (QED) is 0.874. The van der Waals surface area contributed by atoms with Crippen LogP contribution in [0.2, 0.25) is 0 Å². The predicted octanol–water partition coefficient (Wildman–Crippen LogP) is 2.81. The molecular weight excluding hydrogens is 369 g/mol. The number of anilines is 2. The minimum absolute atomic E-state index is 0.0541. The van der Waals surface area contributed by atoms with E-state index in [1.807, 2.05) is 43.1 Å². The summed E-state index contributed by atoms with van der Waals surface area (Å²) in [6.45, 7) is 3.83. The van der Waals surface area contributed by atoms with Crippen LogP contribution in [-0.4, -0.2) is 38.3 Å². The molecule has 1 aliphatic rings. The predicted molar refractivity (Wildman–Crippen MR) is 103 cm³/mol. The zero-order valence-electron chi connectivity index (χ0n) is 15.4. The van der Waals surface area contributed by atoms with Gasteiger partial charge in [0.2, 0.25) is 15.9 Å². The van der Waals surface area contributed by atoms with Gasteiger partial charge in [-0.25, -0.2) is 12.8 Å². The van der Waals surface area contributed by atoms with Crippen LogP contribution in [0.25, 0.3) is 0 Å². The fourth-order valence-electron chi connectivity index (χ4n) is 3.33. The van der Waals surface area contributed by atoms with Crippen molar-refractivity contribution in [2.75, 3.05) is 23.8 Å². The number of fused-ring (bicyclic) bond motifs is 1. The number of hydrogen-bond acceptors (Lipinski definition) is 4. The number of halogens is 1. The van der Waals surface area contributed by atoms with Gasteiger partial charge in [-0.15, -0.1) is 0 Å². The van der Waals surface area contributed by atoms with Gasteiger partial charge < -0.3 is 10.2 Å². The lowest BCUT2D eigenvalue weighted by molar-refractivity contribution is -0.114. The van der Waals surface area contributed by atoms with Crippen LogP contribution in [0.3, 0.4) is 0 Å². The molecule has 0 fully saturated rings. The van der Waals surface area contributed by atoms with E-state index in [9.17, 15) is 17.6 Å². The number of carbonyl (C=O) groups is 1. The SMILES string of the molecule is CC(=O)Nc1cc(S(=O)(=O)N2Cc3ccccc3N(C)C[C@@H]2C)ccc1F. The Hall–Kier alpha value is -2.45. The van der Waals surface area contributed by atoms with Gasteiger partial charge in [-0.3, -0.25) is 4.79 Å². The van der Waals surface area contributed by atoms with Crippen molar-refractivity contribution >= 4 is 27.3 Å². The third-order valence-electron chi connectivity index (χ3n) is 4.61. The Balaban J connectivity index is 2.03. The maximum absolute atomic E-state index is 13.9. The topological polar surface area (TPSA) is 69.7 Å². The van der Waals surface area contributed by atoms with Crippen molar-refractivity contribution in [1.82, 2.24) is 4.31 Å². The Labute approximate surface area is 158 Å². The molecule has 0 saturated heterocycles. The Kier molecular flexibility index (Phi) is 5.21. The number of benzene rings is 2. The van der Waals surface area contributed by atoms with Crippen molar-refractivity contribution in [3.63, 3.8) is 0 Å². The van der Waals surface area contributed by atoms with Crippen molar-refractivity contribution in [2.45, 2.75) is 31.3 Å². The van der Waals surface area contributed by atoms with E-state index < -0.39 is 21.7 Å². The molecule has 0 aromatic heterocycles. The second-order valence-corrected chi connectivity index (χ2v) is 8.62. The molecule has 3 rings (SSSR count). The van der Waals surface area contributed by atoms with Gasteiger partial charge in [0.1, 0.15) is 5.82 Å². The van der Waals surface area contributed by atoms with Crippen LogP contribution < -0.4 is 10.2 Å². The van der Waals surface area contributed by atoms with E-state index >= 15 is 0 Å². The Morgan fingerprint density at radius 3 is 2.63 bits per heavy atom. The third kappa shape index (κ3) is 3.81. The highest BCUT2D eigenvalue weighted by Crippen LogP contribution is 2.31. The third-order valence-corrected chi connectivity index (χ3v) is 6.57. The molecule has 27 heavy (non-hydrogen) atoms. The van der Waals surface area contributed by atoms with Gasteiger partial charge in [0, 0.05) is 38.8 Å². The zero-order valence-corrected chi connectivity index (χ0v) is 16.3. The highest BCUT2D eigenvalue weighted by atomic mass is 32.2. The fraction of sp³-hybridized carbons (Fsp3) is 0.316. The minimum atomic E-state index is -3.89. The maximum Gasteiger partial charge on any atom is 0.243 e. The van der Waals surface area contributed by atoms with Crippen LogP contribution in [0.5, 0.6) is 0 Å². The molecule has 0 spiro atoms.